The molecule has 4 rings (SSSR count). The molecule has 140 valence electrons. The Morgan fingerprint density at radius 2 is 2.12 bits per heavy atom. The second-order valence-electron chi connectivity index (χ2n) is 6.74. The van der Waals surface area contributed by atoms with Crippen LogP contribution in [0.25, 0.3) is 0 Å². The highest BCUT2D eigenvalue weighted by Gasteiger charge is 2.35. The summed E-state index contributed by atoms with van der Waals surface area (Å²) in [5.74, 6) is -0.281. The molecule has 1 aliphatic carbocycles. The molecule has 2 aliphatic rings. The Balaban J connectivity index is 1.47. The molecule has 0 bridgehead atoms. The molecule has 0 unspecified atom stereocenters. The van der Waals surface area contributed by atoms with Crippen LogP contribution in [0.2, 0.25) is 0 Å². The van der Waals surface area contributed by atoms with Crippen LogP contribution in [-0.4, -0.2) is 35.4 Å². The van der Waals surface area contributed by atoms with Gasteiger partial charge in [-0.15, -0.1) is 11.3 Å². The SMILES string of the molecule is O=C(Nc1nc2c(s1)CN(S(=O)(=O)C1CCCCC1)CC2)c1ccoc1. The number of amides is 1. The Morgan fingerprint density at radius 3 is 2.85 bits per heavy atom. The predicted molar refractivity (Wildman–Crippen MR) is 98.7 cm³/mol. The first kappa shape index (κ1) is 17.7. The van der Waals surface area contributed by atoms with Crippen LogP contribution in [0, 0.1) is 0 Å². The summed E-state index contributed by atoms with van der Waals surface area (Å²) in [7, 11) is -3.26. The Kier molecular flexibility index (Phi) is 4.85. The number of hydrogen-bond acceptors (Lipinski definition) is 6. The van der Waals surface area contributed by atoms with Gasteiger partial charge in [0.15, 0.2) is 5.13 Å². The topological polar surface area (TPSA) is 92.5 Å². The van der Waals surface area contributed by atoms with Crippen LogP contribution >= 0.6 is 11.3 Å². The molecule has 7 nitrogen and oxygen atoms in total. The van der Waals surface area contributed by atoms with E-state index in [9.17, 15) is 13.2 Å². The number of rotatable bonds is 4. The fourth-order valence-corrected chi connectivity index (χ4v) is 6.69. The molecule has 2 aromatic rings. The fraction of sp³-hybridized carbons (Fsp3) is 0.529. The molecule has 1 saturated carbocycles. The van der Waals surface area contributed by atoms with Crippen molar-refractivity contribution in [3.63, 3.8) is 0 Å². The van der Waals surface area contributed by atoms with Crippen molar-refractivity contribution in [3.8, 4) is 0 Å². The van der Waals surface area contributed by atoms with Crippen molar-refractivity contribution < 1.29 is 17.6 Å². The van der Waals surface area contributed by atoms with E-state index in [1.54, 1.807) is 10.4 Å². The molecular weight excluding hydrogens is 374 g/mol. The van der Waals surface area contributed by atoms with Gasteiger partial charge in [0, 0.05) is 24.4 Å². The Bertz CT molecular complexity index is 883. The second kappa shape index (κ2) is 7.13. The van der Waals surface area contributed by atoms with Crippen LogP contribution < -0.4 is 5.32 Å². The Hall–Kier alpha value is -1.71. The number of sulfonamides is 1. The molecule has 0 aromatic carbocycles. The van der Waals surface area contributed by atoms with Crippen molar-refractivity contribution >= 4 is 32.4 Å². The van der Waals surface area contributed by atoms with Gasteiger partial charge in [-0.25, -0.2) is 13.4 Å². The maximum Gasteiger partial charge on any atom is 0.260 e. The second-order valence-corrected chi connectivity index (χ2v) is 10.0. The minimum Gasteiger partial charge on any atom is -0.472 e. The first-order valence-electron chi connectivity index (χ1n) is 8.85. The number of aromatic nitrogens is 1. The summed E-state index contributed by atoms with van der Waals surface area (Å²) < 4.78 is 32.4. The summed E-state index contributed by atoms with van der Waals surface area (Å²) in [6, 6.07) is 1.58. The lowest BCUT2D eigenvalue weighted by molar-refractivity contribution is 0.102. The van der Waals surface area contributed by atoms with E-state index >= 15 is 0 Å². The number of nitrogens with one attached hydrogen (secondary N) is 1. The van der Waals surface area contributed by atoms with Crippen molar-refractivity contribution in [3.05, 3.63) is 34.7 Å². The lowest BCUT2D eigenvalue weighted by atomic mass is 10.0. The molecule has 3 heterocycles. The van der Waals surface area contributed by atoms with Crippen LogP contribution in [0.5, 0.6) is 0 Å². The predicted octanol–water partition coefficient (Wildman–Crippen LogP) is 3.01. The van der Waals surface area contributed by atoms with Gasteiger partial charge in [-0.05, 0) is 18.9 Å². The van der Waals surface area contributed by atoms with E-state index in [2.05, 4.69) is 10.3 Å². The van der Waals surface area contributed by atoms with Gasteiger partial charge >= 0.3 is 0 Å². The number of anilines is 1. The number of carbonyl (C=O) groups is 1. The van der Waals surface area contributed by atoms with E-state index in [1.165, 1.54) is 23.9 Å². The van der Waals surface area contributed by atoms with E-state index in [-0.39, 0.29) is 11.2 Å². The third kappa shape index (κ3) is 3.43. The number of thiazole rings is 1. The van der Waals surface area contributed by atoms with E-state index in [0.717, 1.165) is 42.7 Å². The molecule has 0 radical (unpaired) electrons. The summed E-state index contributed by atoms with van der Waals surface area (Å²) in [5, 5.41) is 3.01. The minimum absolute atomic E-state index is 0.244. The summed E-state index contributed by atoms with van der Waals surface area (Å²) in [6.45, 7) is 0.818. The Labute approximate surface area is 156 Å². The first-order valence-corrected chi connectivity index (χ1v) is 11.2. The molecule has 0 saturated heterocycles. The van der Waals surface area contributed by atoms with Gasteiger partial charge in [0.2, 0.25) is 10.0 Å². The molecule has 1 aliphatic heterocycles. The van der Waals surface area contributed by atoms with Crippen LogP contribution in [-0.2, 0) is 23.0 Å². The summed E-state index contributed by atoms with van der Waals surface area (Å²) in [4.78, 5) is 17.5. The average Bonchev–Trinajstić information content (AvgIpc) is 3.31. The lowest BCUT2D eigenvalue weighted by Gasteiger charge is -2.31. The standard InChI is InChI=1S/C17H21N3O4S2/c21-16(12-7-9-24-11-12)19-17-18-14-6-8-20(10-15(14)25-17)26(22,23)13-4-2-1-3-5-13/h7,9,11,13H,1-6,8,10H2,(H,18,19,21). The van der Waals surface area contributed by atoms with E-state index in [1.807, 2.05) is 0 Å². The quantitative estimate of drug-likeness (QED) is 0.859. The monoisotopic (exact) mass is 395 g/mol. The van der Waals surface area contributed by atoms with Crippen LogP contribution in [0.3, 0.4) is 0 Å². The van der Waals surface area contributed by atoms with Crippen LogP contribution in [0.15, 0.2) is 23.0 Å². The number of furan rings is 1. The zero-order valence-electron chi connectivity index (χ0n) is 14.3. The van der Waals surface area contributed by atoms with Crippen LogP contribution in [0.1, 0.15) is 53.0 Å². The van der Waals surface area contributed by atoms with Gasteiger partial charge < -0.3 is 4.42 Å². The maximum atomic E-state index is 12.9. The lowest BCUT2D eigenvalue weighted by Crippen LogP contribution is -2.42. The molecular formula is C17H21N3O4S2. The van der Waals surface area contributed by atoms with Gasteiger partial charge in [0.1, 0.15) is 6.26 Å². The van der Waals surface area contributed by atoms with E-state index in [4.69, 9.17) is 4.42 Å². The van der Waals surface area contributed by atoms with Crippen molar-refractivity contribution in [2.75, 3.05) is 11.9 Å². The molecule has 0 spiro atoms. The normalized spacial score (nSPS) is 19.2. The number of nitrogens with zero attached hydrogens (tertiary/aromatic N) is 2. The van der Waals surface area contributed by atoms with Crippen molar-refractivity contribution in [1.29, 1.82) is 0 Å². The van der Waals surface area contributed by atoms with Crippen molar-refractivity contribution in [2.24, 2.45) is 0 Å². The molecule has 1 amide bonds. The first-order chi connectivity index (χ1) is 12.5. The average molecular weight is 396 g/mol. The van der Waals surface area contributed by atoms with Crippen LogP contribution in [0.4, 0.5) is 5.13 Å². The number of carbonyl (C=O) groups excluding carboxylic acids is 1. The van der Waals surface area contributed by atoms with E-state index < -0.39 is 10.0 Å². The molecule has 0 atom stereocenters. The van der Waals surface area contributed by atoms with Gasteiger partial charge in [0.05, 0.1) is 22.8 Å². The maximum absolute atomic E-state index is 12.9. The van der Waals surface area contributed by atoms with Crippen molar-refractivity contribution in [2.45, 2.75) is 50.3 Å². The number of fused-ring (bicyclic) bond motifs is 1. The third-order valence-corrected chi connectivity index (χ3v) is 8.38. The van der Waals surface area contributed by atoms with Gasteiger partial charge in [-0.3, -0.25) is 10.1 Å². The third-order valence-electron chi connectivity index (χ3n) is 5.03. The summed E-state index contributed by atoms with van der Waals surface area (Å²) in [5.41, 5.74) is 1.31. The largest absolute Gasteiger partial charge is 0.472 e. The highest BCUT2D eigenvalue weighted by Crippen LogP contribution is 2.33. The van der Waals surface area contributed by atoms with Crippen molar-refractivity contribution in [1.82, 2.24) is 9.29 Å². The summed E-state index contributed by atoms with van der Waals surface area (Å²) >= 11 is 1.35. The smallest absolute Gasteiger partial charge is 0.260 e. The Morgan fingerprint density at radius 1 is 1.31 bits per heavy atom. The van der Waals surface area contributed by atoms with Gasteiger partial charge in [-0.2, -0.15) is 4.31 Å². The number of hydrogen-bond donors (Lipinski definition) is 1. The fourth-order valence-electron chi connectivity index (χ4n) is 3.58. The minimum atomic E-state index is -3.26. The zero-order valence-corrected chi connectivity index (χ0v) is 15.9. The van der Waals surface area contributed by atoms with Gasteiger partial charge in [0.25, 0.3) is 5.91 Å². The molecule has 26 heavy (non-hydrogen) atoms. The molecule has 1 N–H and O–H groups in total. The van der Waals surface area contributed by atoms with Gasteiger partial charge in [-0.1, -0.05) is 19.3 Å². The van der Waals surface area contributed by atoms with E-state index in [0.29, 0.717) is 30.2 Å². The summed E-state index contributed by atoms with van der Waals surface area (Å²) in [6.07, 6.45) is 8.05. The zero-order chi connectivity index (χ0) is 18.1. The highest BCUT2D eigenvalue weighted by molar-refractivity contribution is 7.89. The molecule has 1 fully saturated rings. The highest BCUT2D eigenvalue weighted by atomic mass is 32.2. The molecule has 9 heteroatoms. The molecule has 2 aromatic heterocycles.